The van der Waals surface area contributed by atoms with Gasteiger partial charge in [0.05, 0.1) is 11.4 Å². The highest BCUT2D eigenvalue weighted by molar-refractivity contribution is 5.63. The van der Waals surface area contributed by atoms with Crippen LogP contribution in [-0.2, 0) is 13.0 Å². The largest absolute Gasteiger partial charge is 0.325 e. The Kier molecular flexibility index (Phi) is 3.94. The van der Waals surface area contributed by atoms with Crippen molar-refractivity contribution >= 4 is 0 Å². The van der Waals surface area contributed by atoms with Crippen LogP contribution in [0, 0.1) is 0 Å². The lowest BCUT2D eigenvalue weighted by Gasteiger charge is -2.04. The number of nitrogens with zero attached hydrogens (tertiary/aromatic N) is 1. The smallest absolute Gasteiger partial charge is 0.0955 e. The molecule has 0 spiro atoms. The predicted octanol–water partition coefficient (Wildman–Crippen LogP) is 2.88. The van der Waals surface area contributed by atoms with Crippen LogP contribution in [0.1, 0.15) is 31.0 Å². The van der Waals surface area contributed by atoms with Gasteiger partial charge in [0.1, 0.15) is 0 Å². The van der Waals surface area contributed by atoms with Gasteiger partial charge in [0.25, 0.3) is 0 Å². The Morgan fingerprint density at radius 3 is 2.65 bits per heavy atom. The maximum atomic E-state index is 5.74. The molecule has 0 aliphatic rings. The summed E-state index contributed by atoms with van der Waals surface area (Å²) in [5, 5.41) is 7.46. The second-order valence-corrected chi connectivity index (χ2v) is 4.20. The van der Waals surface area contributed by atoms with Gasteiger partial charge in [0.2, 0.25) is 0 Å². The van der Waals surface area contributed by atoms with E-state index in [0.29, 0.717) is 6.54 Å². The molecular weight excluding hydrogens is 210 g/mol. The summed E-state index contributed by atoms with van der Waals surface area (Å²) < 4.78 is 0. The average Bonchev–Trinajstić information content (AvgIpc) is 2.80. The minimum Gasteiger partial charge on any atom is -0.325 e. The van der Waals surface area contributed by atoms with Crippen LogP contribution in [0.15, 0.2) is 30.3 Å². The molecule has 3 heteroatoms. The normalized spacial score (nSPS) is 10.7. The topological polar surface area (TPSA) is 54.7 Å². The molecule has 2 aromatic rings. The van der Waals surface area contributed by atoms with E-state index in [1.807, 2.05) is 18.2 Å². The van der Waals surface area contributed by atoms with Crippen LogP contribution < -0.4 is 5.73 Å². The molecule has 0 aliphatic heterocycles. The lowest BCUT2D eigenvalue weighted by molar-refractivity contribution is 0.785. The molecule has 0 atom stereocenters. The number of hydrogen-bond acceptors (Lipinski definition) is 2. The van der Waals surface area contributed by atoms with Gasteiger partial charge in [-0.2, -0.15) is 5.10 Å². The molecule has 0 unspecified atom stereocenters. The van der Waals surface area contributed by atoms with Crippen molar-refractivity contribution < 1.29 is 0 Å². The number of nitrogens with one attached hydrogen (secondary N) is 1. The number of nitrogens with two attached hydrogens (primary N) is 1. The van der Waals surface area contributed by atoms with Gasteiger partial charge in [0, 0.05) is 17.7 Å². The van der Waals surface area contributed by atoms with Gasteiger partial charge in [-0.05, 0) is 12.8 Å². The molecule has 0 saturated heterocycles. The van der Waals surface area contributed by atoms with Gasteiger partial charge in [-0.3, -0.25) is 5.10 Å². The summed E-state index contributed by atoms with van der Waals surface area (Å²) in [4.78, 5) is 0. The second kappa shape index (κ2) is 5.64. The summed E-state index contributed by atoms with van der Waals surface area (Å²) in [6, 6.07) is 10.3. The molecule has 3 nitrogen and oxygen atoms in total. The molecular formula is C14H19N3. The molecule has 1 heterocycles. The maximum absolute atomic E-state index is 5.74. The number of unbranched alkanes of at least 4 members (excludes halogenated alkanes) is 1. The standard InChI is InChI=1S/C14H19N3/c1-2-3-9-12-13(10-15)16-17-14(12)11-7-5-4-6-8-11/h4-8H,2-3,9-10,15H2,1H3,(H,16,17). The van der Waals surface area contributed by atoms with E-state index in [1.54, 1.807) is 0 Å². The fourth-order valence-corrected chi connectivity index (χ4v) is 2.03. The van der Waals surface area contributed by atoms with Gasteiger partial charge in [-0.1, -0.05) is 43.7 Å². The first-order valence-corrected chi connectivity index (χ1v) is 6.18. The average molecular weight is 229 g/mol. The van der Waals surface area contributed by atoms with Crippen LogP contribution in [-0.4, -0.2) is 10.2 Å². The molecule has 0 fully saturated rings. The van der Waals surface area contributed by atoms with Crippen molar-refractivity contribution in [3.63, 3.8) is 0 Å². The zero-order chi connectivity index (χ0) is 12.1. The minimum absolute atomic E-state index is 0.527. The molecule has 90 valence electrons. The van der Waals surface area contributed by atoms with Gasteiger partial charge in [0.15, 0.2) is 0 Å². The third kappa shape index (κ3) is 2.56. The molecule has 0 radical (unpaired) electrons. The van der Waals surface area contributed by atoms with E-state index in [9.17, 15) is 0 Å². The number of rotatable bonds is 5. The highest BCUT2D eigenvalue weighted by atomic mass is 15.1. The van der Waals surface area contributed by atoms with Crippen molar-refractivity contribution in [2.75, 3.05) is 0 Å². The second-order valence-electron chi connectivity index (χ2n) is 4.20. The Labute approximate surface area is 102 Å². The molecule has 0 bridgehead atoms. The fourth-order valence-electron chi connectivity index (χ4n) is 2.03. The monoisotopic (exact) mass is 229 g/mol. The zero-order valence-electron chi connectivity index (χ0n) is 10.2. The van der Waals surface area contributed by atoms with Gasteiger partial charge >= 0.3 is 0 Å². The number of aromatic nitrogens is 2. The Morgan fingerprint density at radius 2 is 2.00 bits per heavy atom. The summed E-state index contributed by atoms with van der Waals surface area (Å²) in [5.74, 6) is 0. The Morgan fingerprint density at radius 1 is 1.24 bits per heavy atom. The minimum atomic E-state index is 0.527. The van der Waals surface area contributed by atoms with Crippen molar-refractivity contribution in [1.29, 1.82) is 0 Å². The molecule has 0 amide bonds. The van der Waals surface area contributed by atoms with E-state index < -0.39 is 0 Å². The third-order valence-corrected chi connectivity index (χ3v) is 2.98. The molecule has 3 N–H and O–H groups in total. The molecule has 0 saturated carbocycles. The van der Waals surface area contributed by atoms with Crippen molar-refractivity contribution in [3.05, 3.63) is 41.6 Å². The SMILES string of the molecule is CCCCc1c(-c2ccccc2)n[nH]c1CN. The van der Waals surface area contributed by atoms with Crippen LogP contribution in [0.4, 0.5) is 0 Å². The molecule has 2 rings (SSSR count). The van der Waals surface area contributed by atoms with Crippen LogP contribution in [0.25, 0.3) is 11.3 Å². The van der Waals surface area contributed by atoms with E-state index in [0.717, 1.165) is 23.4 Å². The zero-order valence-corrected chi connectivity index (χ0v) is 10.2. The Hall–Kier alpha value is -1.61. The Balaban J connectivity index is 2.36. The summed E-state index contributed by atoms with van der Waals surface area (Å²) in [6.07, 6.45) is 3.40. The van der Waals surface area contributed by atoms with Gasteiger partial charge in [-0.25, -0.2) is 0 Å². The van der Waals surface area contributed by atoms with Gasteiger partial charge < -0.3 is 5.73 Å². The number of H-pyrrole nitrogens is 1. The first kappa shape index (κ1) is 11.9. The first-order valence-electron chi connectivity index (χ1n) is 6.18. The lowest BCUT2D eigenvalue weighted by atomic mass is 10.0. The summed E-state index contributed by atoms with van der Waals surface area (Å²) in [5.41, 5.74) is 10.3. The highest BCUT2D eigenvalue weighted by Crippen LogP contribution is 2.25. The number of hydrogen-bond donors (Lipinski definition) is 2. The van der Waals surface area contributed by atoms with E-state index in [2.05, 4.69) is 29.3 Å². The quantitative estimate of drug-likeness (QED) is 0.828. The van der Waals surface area contributed by atoms with Crippen molar-refractivity contribution in [1.82, 2.24) is 10.2 Å². The lowest BCUT2D eigenvalue weighted by Crippen LogP contribution is -2.01. The number of benzene rings is 1. The van der Waals surface area contributed by atoms with Crippen LogP contribution in [0.5, 0.6) is 0 Å². The van der Waals surface area contributed by atoms with Crippen LogP contribution >= 0.6 is 0 Å². The molecule has 17 heavy (non-hydrogen) atoms. The van der Waals surface area contributed by atoms with E-state index in [1.165, 1.54) is 18.4 Å². The van der Waals surface area contributed by atoms with E-state index >= 15 is 0 Å². The molecule has 0 aliphatic carbocycles. The maximum Gasteiger partial charge on any atom is 0.0955 e. The predicted molar refractivity (Wildman–Crippen MR) is 70.5 cm³/mol. The summed E-state index contributed by atoms with van der Waals surface area (Å²) in [7, 11) is 0. The van der Waals surface area contributed by atoms with Crippen molar-refractivity contribution in [2.45, 2.75) is 32.7 Å². The summed E-state index contributed by atoms with van der Waals surface area (Å²) >= 11 is 0. The molecule has 1 aromatic heterocycles. The fraction of sp³-hybridized carbons (Fsp3) is 0.357. The van der Waals surface area contributed by atoms with Crippen molar-refractivity contribution in [3.8, 4) is 11.3 Å². The molecule has 1 aromatic carbocycles. The first-order chi connectivity index (χ1) is 8.36. The van der Waals surface area contributed by atoms with Crippen LogP contribution in [0.2, 0.25) is 0 Å². The summed E-state index contributed by atoms with van der Waals surface area (Å²) in [6.45, 7) is 2.73. The van der Waals surface area contributed by atoms with Crippen LogP contribution in [0.3, 0.4) is 0 Å². The van der Waals surface area contributed by atoms with E-state index in [4.69, 9.17) is 5.73 Å². The van der Waals surface area contributed by atoms with Gasteiger partial charge in [-0.15, -0.1) is 0 Å². The third-order valence-electron chi connectivity index (χ3n) is 2.98. The number of aromatic amines is 1. The Bertz CT molecular complexity index is 460. The van der Waals surface area contributed by atoms with Crippen molar-refractivity contribution in [2.24, 2.45) is 5.73 Å². The van der Waals surface area contributed by atoms with E-state index in [-0.39, 0.29) is 0 Å². The highest BCUT2D eigenvalue weighted by Gasteiger charge is 2.12.